The Morgan fingerprint density at radius 2 is 2.05 bits per heavy atom. The third-order valence-corrected chi connectivity index (χ3v) is 4.30. The van der Waals surface area contributed by atoms with E-state index in [1.807, 2.05) is 13.0 Å². The molecule has 0 aliphatic heterocycles. The van der Waals surface area contributed by atoms with Crippen LogP contribution >= 0.6 is 0 Å². The smallest absolute Gasteiger partial charge is 0.123 e. The molecule has 0 aliphatic carbocycles. The molecule has 0 saturated heterocycles. The summed E-state index contributed by atoms with van der Waals surface area (Å²) in [4.78, 5) is 0. The van der Waals surface area contributed by atoms with Crippen LogP contribution in [0.1, 0.15) is 31.9 Å². The molecule has 0 aromatic heterocycles. The van der Waals surface area contributed by atoms with Gasteiger partial charge in [0.05, 0.1) is 6.61 Å². The molecular weight excluding hydrogens is 253 g/mol. The summed E-state index contributed by atoms with van der Waals surface area (Å²) in [6.07, 6.45) is 0.955. The molecule has 0 aliphatic rings. The average Bonchev–Trinajstić information content (AvgIpc) is 2.38. The van der Waals surface area contributed by atoms with Crippen LogP contribution in [-0.2, 0) is 11.2 Å². The Morgan fingerprint density at radius 3 is 2.60 bits per heavy atom. The zero-order valence-corrected chi connectivity index (χ0v) is 13.4. The highest BCUT2D eigenvalue weighted by Crippen LogP contribution is 2.31. The van der Waals surface area contributed by atoms with Crippen LogP contribution in [0, 0.1) is 24.1 Å². The minimum Gasteiger partial charge on any atom is -0.383 e. The first kappa shape index (κ1) is 17.1. The largest absolute Gasteiger partial charge is 0.383 e. The van der Waals surface area contributed by atoms with E-state index < -0.39 is 0 Å². The van der Waals surface area contributed by atoms with Crippen LogP contribution in [0.2, 0.25) is 0 Å². The Labute approximate surface area is 122 Å². The van der Waals surface area contributed by atoms with Crippen LogP contribution in [0.5, 0.6) is 0 Å². The maximum absolute atomic E-state index is 13.2. The van der Waals surface area contributed by atoms with Crippen LogP contribution in [-0.4, -0.2) is 26.8 Å². The number of ether oxygens (including phenoxy) is 1. The quantitative estimate of drug-likeness (QED) is 0.735. The van der Waals surface area contributed by atoms with Gasteiger partial charge in [0.2, 0.25) is 0 Å². The van der Waals surface area contributed by atoms with Crippen molar-refractivity contribution < 1.29 is 9.13 Å². The van der Waals surface area contributed by atoms with E-state index in [4.69, 9.17) is 4.74 Å². The summed E-state index contributed by atoms with van der Waals surface area (Å²) < 4.78 is 18.3. The molecule has 0 fully saturated rings. The highest BCUT2D eigenvalue weighted by molar-refractivity contribution is 5.27. The highest BCUT2D eigenvalue weighted by Gasteiger charge is 2.28. The Bertz CT molecular complexity index is 419. The van der Waals surface area contributed by atoms with Crippen molar-refractivity contribution in [3.8, 4) is 0 Å². The van der Waals surface area contributed by atoms with Gasteiger partial charge in [-0.2, -0.15) is 0 Å². The van der Waals surface area contributed by atoms with Gasteiger partial charge < -0.3 is 10.1 Å². The van der Waals surface area contributed by atoms with Crippen LogP contribution in [0.15, 0.2) is 18.2 Å². The van der Waals surface area contributed by atoms with Crippen molar-refractivity contribution in [2.45, 2.75) is 34.1 Å². The van der Waals surface area contributed by atoms with Gasteiger partial charge in [0.1, 0.15) is 5.82 Å². The van der Waals surface area contributed by atoms with Gasteiger partial charge >= 0.3 is 0 Å². The fourth-order valence-electron chi connectivity index (χ4n) is 2.31. The first-order valence-electron chi connectivity index (χ1n) is 7.34. The van der Waals surface area contributed by atoms with E-state index in [9.17, 15) is 4.39 Å². The lowest BCUT2D eigenvalue weighted by atomic mass is 9.73. The van der Waals surface area contributed by atoms with Gasteiger partial charge in [-0.1, -0.05) is 26.8 Å². The predicted octanol–water partition coefficient (Wildman–Crippen LogP) is 3.57. The summed E-state index contributed by atoms with van der Waals surface area (Å²) in [5.41, 5.74) is 2.42. The molecule has 1 unspecified atom stereocenters. The number of hydrogen-bond acceptors (Lipinski definition) is 2. The first-order valence-corrected chi connectivity index (χ1v) is 7.34. The molecule has 0 radical (unpaired) electrons. The molecule has 0 heterocycles. The standard InChI is InChI=1S/C17H28FNO/c1-13(2)17(4,12-19-8-9-20-5)11-15-6-7-16(18)10-14(15)3/h6-7,10,13,19H,8-9,11-12H2,1-5H3. The lowest BCUT2D eigenvalue weighted by Crippen LogP contribution is -2.39. The number of nitrogens with one attached hydrogen (secondary N) is 1. The number of methoxy groups -OCH3 is 1. The molecule has 0 saturated carbocycles. The number of halogens is 1. The molecule has 1 atom stereocenters. The lowest BCUT2D eigenvalue weighted by Gasteiger charge is -2.35. The fraction of sp³-hybridized carbons (Fsp3) is 0.647. The maximum Gasteiger partial charge on any atom is 0.123 e. The molecule has 1 aromatic rings. The normalized spacial score (nSPS) is 14.6. The van der Waals surface area contributed by atoms with Crippen molar-refractivity contribution in [3.05, 3.63) is 35.1 Å². The summed E-state index contributed by atoms with van der Waals surface area (Å²) >= 11 is 0. The van der Waals surface area contributed by atoms with Crippen molar-refractivity contribution in [2.24, 2.45) is 11.3 Å². The van der Waals surface area contributed by atoms with Crippen LogP contribution in [0.25, 0.3) is 0 Å². The highest BCUT2D eigenvalue weighted by atomic mass is 19.1. The molecule has 114 valence electrons. The van der Waals surface area contributed by atoms with Crippen molar-refractivity contribution in [1.82, 2.24) is 5.32 Å². The van der Waals surface area contributed by atoms with Crippen LogP contribution in [0.4, 0.5) is 4.39 Å². The van der Waals surface area contributed by atoms with E-state index in [0.29, 0.717) is 5.92 Å². The van der Waals surface area contributed by atoms with E-state index in [0.717, 1.165) is 31.7 Å². The number of hydrogen-bond donors (Lipinski definition) is 1. The minimum absolute atomic E-state index is 0.149. The van der Waals surface area contributed by atoms with Crippen molar-refractivity contribution in [3.63, 3.8) is 0 Å². The van der Waals surface area contributed by atoms with Crippen molar-refractivity contribution >= 4 is 0 Å². The van der Waals surface area contributed by atoms with Crippen LogP contribution in [0.3, 0.4) is 0 Å². The van der Waals surface area contributed by atoms with Crippen LogP contribution < -0.4 is 5.32 Å². The van der Waals surface area contributed by atoms with E-state index in [1.54, 1.807) is 19.2 Å². The molecule has 1 N–H and O–H groups in total. The minimum atomic E-state index is -0.157. The van der Waals surface area contributed by atoms with Crippen molar-refractivity contribution in [2.75, 3.05) is 26.8 Å². The van der Waals surface area contributed by atoms with E-state index in [1.165, 1.54) is 5.56 Å². The molecule has 1 aromatic carbocycles. The number of benzene rings is 1. The maximum atomic E-state index is 13.2. The summed E-state index contributed by atoms with van der Waals surface area (Å²) in [6, 6.07) is 5.09. The van der Waals surface area contributed by atoms with Crippen molar-refractivity contribution in [1.29, 1.82) is 0 Å². The SMILES string of the molecule is COCCNCC(C)(Cc1ccc(F)cc1C)C(C)C. The molecule has 20 heavy (non-hydrogen) atoms. The lowest BCUT2D eigenvalue weighted by molar-refractivity contribution is 0.175. The number of aryl methyl sites for hydroxylation is 1. The Kier molecular flexibility index (Phi) is 6.63. The van der Waals surface area contributed by atoms with Gasteiger partial charge in [0.25, 0.3) is 0 Å². The topological polar surface area (TPSA) is 21.3 Å². The van der Waals surface area contributed by atoms with E-state index in [2.05, 4.69) is 26.1 Å². The van der Waals surface area contributed by atoms with Gasteiger partial charge in [0.15, 0.2) is 0 Å². The van der Waals surface area contributed by atoms with Gasteiger partial charge in [0, 0.05) is 20.2 Å². The Balaban J connectivity index is 2.74. The second kappa shape index (κ2) is 7.75. The molecule has 3 heteroatoms. The zero-order valence-electron chi connectivity index (χ0n) is 13.4. The van der Waals surface area contributed by atoms with Gasteiger partial charge in [-0.15, -0.1) is 0 Å². The molecule has 0 spiro atoms. The van der Waals surface area contributed by atoms with Gasteiger partial charge in [-0.05, 0) is 47.9 Å². The van der Waals surface area contributed by atoms with Gasteiger partial charge in [-0.25, -0.2) is 4.39 Å². The van der Waals surface area contributed by atoms with E-state index >= 15 is 0 Å². The Hall–Kier alpha value is -0.930. The third kappa shape index (κ3) is 4.88. The third-order valence-electron chi connectivity index (χ3n) is 4.30. The second-order valence-corrected chi connectivity index (χ2v) is 6.23. The van der Waals surface area contributed by atoms with E-state index in [-0.39, 0.29) is 11.2 Å². The molecule has 1 rings (SSSR count). The fourth-order valence-corrected chi connectivity index (χ4v) is 2.31. The summed E-state index contributed by atoms with van der Waals surface area (Å²) in [5, 5.41) is 3.46. The Morgan fingerprint density at radius 1 is 1.35 bits per heavy atom. The molecule has 2 nitrogen and oxygen atoms in total. The zero-order chi connectivity index (χ0) is 15.2. The molecule has 0 amide bonds. The predicted molar refractivity (Wildman–Crippen MR) is 82.5 cm³/mol. The average molecular weight is 281 g/mol. The summed E-state index contributed by atoms with van der Waals surface area (Å²) in [7, 11) is 1.71. The summed E-state index contributed by atoms with van der Waals surface area (Å²) in [5.74, 6) is 0.387. The molecule has 0 bridgehead atoms. The second-order valence-electron chi connectivity index (χ2n) is 6.23. The first-order chi connectivity index (χ1) is 9.39. The van der Waals surface area contributed by atoms with Gasteiger partial charge in [-0.3, -0.25) is 0 Å². The molecular formula is C17H28FNO. The summed E-state index contributed by atoms with van der Waals surface area (Å²) in [6.45, 7) is 11.3. The monoisotopic (exact) mass is 281 g/mol. The number of rotatable bonds is 8.